The van der Waals surface area contributed by atoms with Crippen LogP contribution >= 0.6 is 23.4 Å². The first-order valence-electron chi connectivity index (χ1n) is 9.16. The van der Waals surface area contributed by atoms with Crippen molar-refractivity contribution in [1.82, 2.24) is 14.9 Å². The van der Waals surface area contributed by atoms with E-state index in [9.17, 15) is 9.59 Å². The van der Waals surface area contributed by atoms with E-state index in [0.717, 1.165) is 0 Å². The number of nitrogens with one attached hydrogen (secondary N) is 1. The molecule has 3 aromatic rings. The lowest BCUT2D eigenvalue weighted by molar-refractivity contribution is -0.119. The molecule has 146 valence electrons. The monoisotopic (exact) mass is 417 g/mol. The van der Waals surface area contributed by atoms with Gasteiger partial charge in [0.1, 0.15) is 5.76 Å². The van der Waals surface area contributed by atoms with Crippen molar-refractivity contribution < 1.29 is 9.21 Å². The van der Waals surface area contributed by atoms with Gasteiger partial charge in [0.2, 0.25) is 5.91 Å². The first-order chi connectivity index (χ1) is 13.5. The summed E-state index contributed by atoms with van der Waals surface area (Å²) in [7, 11) is 0. The molecule has 1 aliphatic rings. The van der Waals surface area contributed by atoms with Gasteiger partial charge in [-0.15, -0.1) is 0 Å². The molecule has 0 saturated heterocycles. The van der Waals surface area contributed by atoms with Gasteiger partial charge < -0.3 is 9.73 Å². The smallest absolute Gasteiger partial charge is 0.262 e. The molecule has 2 heterocycles. The van der Waals surface area contributed by atoms with E-state index >= 15 is 0 Å². The summed E-state index contributed by atoms with van der Waals surface area (Å²) in [6.07, 6.45) is 3.91. The van der Waals surface area contributed by atoms with Crippen molar-refractivity contribution in [2.45, 2.75) is 37.5 Å². The Balaban J connectivity index is 1.62. The summed E-state index contributed by atoms with van der Waals surface area (Å²) in [5.74, 6) is 1.36. The fraction of sp³-hybridized carbons (Fsp3) is 0.350. The molecule has 1 N–H and O–H groups in total. The van der Waals surface area contributed by atoms with Gasteiger partial charge in [-0.1, -0.05) is 23.4 Å². The normalized spacial score (nSPS) is 14.9. The zero-order valence-corrected chi connectivity index (χ0v) is 16.9. The van der Waals surface area contributed by atoms with Gasteiger partial charge in [0.05, 0.1) is 29.5 Å². The Kier molecular flexibility index (Phi) is 5.46. The van der Waals surface area contributed by atoms with Crippen LogP contribution < -0.4 is 10.9 Å². The minimum Gasteiger partial charge on any atom is -0.467 e. The molecular weight excluding hydrogens is 398 g/mol. The lowest BCUT2D eigenvalue weighted by atomic mass is 10.2. The largest absolute Gasteiger partial charge is 0.467 e. The van der Waals surface area contributed by atoms with Gasteiger partial charge in [-0.05, 0) is 56.0 Å². The second-order valence-corrected chi connectivity index (χ2v) is 8.39. The predicted molar refractivity (Wildman–Crippen MR) is 110 cm³/mol. The summed E-state index contributed by atoms with van der Waals surface area (Å²) in [4.78, 5) is 29.9. The Morgan fingerprint density at radius 3 is 2.96 bits per heavy atom. The average Bonchev–Trinajstić information content (AvgIpc) is 3.40. The zero-order valence-electron chi connectivity index (χ0n) is 15.4. The van der Waals surface area contributed by atoms with Crippen LogP contribution in [0.4, 0.5) is 0 Å². The Labute approximate surface area is 171 Å². The summed E-state index contributed by atoms with van der Waals surface area (Å²) >= 11 is 7.30. The van der Waals surface area contributed by atoms with Gasteiger partial charge in [-0.3, -0.25) is 14.2 Å². The lowest BCUT2D eigenvalue weighted by Gasteiger charge is -2.14. The first-order valence-corrected chi connectivity index (χ1v) is 10.5. The number of aromatic nitrogens is 2. The van der Waals surface area contributed by atoms with E-state index in [-0.39, 0.29) is 29.8 Å². The van der Waals surface area contributed by atoms with Crippen LogP contribution in [0.3, 0.4) is 0 Å². The molecule has 2 aromatic heterocycles. The molecule has 1 amide bonds. The highest BCUT2D eigenvalue weighted by molar-refractivity contribution is 7.99. The van der Waals surface area contributed by atoms with Crippen molar-refractivity contribution in [3.8, 4) is 0 Å². The standard InChI is InChI=1S/C20H20ClN3O3S/c1-12(13-4-5-13)22-18(25)11-28-20-23-17-9-14(21)6-7-16(17)19(26)24(20)10-15-3-2-8-27-15/h2-3,6-9,12-13H,4-5,10-11H2,1H3,(H,22,25)/t12-/m1/s1. The summed E-state index contributed by atoms with van der Waals surface area (Å²) in [6.45, 7) is 2.28. The van der Waals surface area contributed by atoms with Crippen LogP contribution in [-0.4, -0.2) is 27.3 Å². The third-order valence-electron chi connectivity index (χ3n) is 4.83. The van der Waals surface area contributed by atoms with Gasteiger partial charge in [-0.25, -0.2) is 4.98 Å². The molecule has 28 heavy (non-hydrogen) atoms. The van der Waals surface area contributed by atoms with E-state index in [1.54, 1.807) is 36.6 Å². The molecule has 8 heteroatoms. The van der Waals surface area contributed by atoms with E-state index in [1.807, 2.05) is 6.92 Å². The predicted octanol–water partition coefficient (Wildman–Crippen LogP) is 3.70. The highest BCUT2D eigenvalue weighted by Gasteiger charge is 2.28. The van der Waals surface area contributed by atoms with Crippen LogP contribution in [0.5, 0.6) is 0 Å². The van der Waals surface area contributed by atoms with Gasteiger partial charge in [-0.2, -0.15) is 0 Å². The van der Waals surface area contributed by atoms with Crippen LogP contribution in [0, 0.1) is 5.92 Å². The van der Waals surface area contributed by atoms with Crippen molar-refractivity contribution in [2.24, 2.45) is 5.92 Å². The second-order valence-electron chi connectivity index (χ2n) is 7.01. The molecular formula is C20H20ClN3O3S. The Hall–Kier alpha value is -2.25. The van der Waals surface area contributed by atoms with Crippen molar-refractivity contribution in [1.29, 1.82) is 0 Å². The number of fused-ring (bicyclic) bond motifs is 1. The van der Waals surface area contributed by atoms with E-state index in [1.165, 1.54) is 29.2 Å². The number of thioether (sulfide) groups is 1. The molecule has 1 fully saturated rings. The number of hydrogen-bond donors (Lipinski definition) is 1. The van der Waals surface area contributed by atoms with Crippen LogP contribution in [0.2, 0.25) is 5.02 Å². The fourth-order valence-electron chi connectivity index (χ4n) is 3.12. The maximum Gasteiger partial charge on any atom is 0.262 e. The van der Waals surface area contributed by atoms with Crippen LogP contribution in [0.15, 0.2) is 51.0 Å². The SMILES string of the molecule is C[C@@H](NC(=O)CSc1nc2cc(Cl)ccc2c(=O)n1Cc1ccco1)C1CC1. The summed E-state index contributed by atoms with van der Waals surface area (Å²) in [5.41, 5.74) is 0.328. The second kappa shape index (κ2) is 8.01. The van der Waals surface area contributed by atoms with E-state index in [2.05, 4.69) is 10.3 Å². The molecule has 1 aromatic carbocycles. The maximum atomic E-state index is 13.0. The van der Waals surface area contributed by atoms with Crippen LogP contribution in [-0.2, 0) is 11.3 Å². The third kappa shape index (κ3) is 4.25. The summed E-state index contributed by atoms with van der Waals surface area (Å²) in [5, 5.41) is 4.47. The quantitative estimate of drug-likeness (QED) is 0.468. The van der Waals surface area contributed by atoms with Crippen molar-refractivity contribution in [3.63, 3.8) is 0 Å². The highest BCUT2D eigenvalue weighted by Crippen LogP contribution is 2.32. The van der Waals surface area contributed by atoms with Crippen molar-refractivity contribution in [3.05, 3.63) is 57.7 Å². The number of carbonyl (C=O) groups is 1. The molecule has 0 unspecified atom stereocenters. The van der Waals surface area contributed by atoms with E-state index in [0.29, 0.717) is 32.8 Å². The number of nitrogens with zero attached hydrogens (tertiary/aromatic N) is 2. The molecule has 4 rings (SSSR count). The molecule has 0 aliphatic heterocycles. The van der Waals surface area contributed by atoms with Gasteiger partial charge in [0.15, 0.2) is 5.16 Å². The Bertz CT molecular complexity index is 1060. The van der Waals surface area contributed by atoms with Gasteiger partial charge >= 0.3 is 0 Å². The van der Waals surface area contributed by atoms with Gasteiger partial charge in [0, 0.05) is 11.1 Å². The fourth-order valence-corrected chi connectivity index (χ4v) is 4.10. The molecule has 6 nitrogen and oxygen atoms in total. The topological polar surface area (TPSA) is 77.1 Å². The minimum absolute atomic E-state index is 0.0608. The third-order valence-corrected chi connectivity index (χ3v) is 6.04. The number of carbonyl (C=O) groups excluding carboxylic acids is 1. The van der Waals surface area contributed by atoms with Crippen molar-refractivity contribution in [2.75, 3.05) is 5.75 Å². The molecule has 1 aliphatic carbocycles. The number of rotatable bonds is 7. The van der Waals surface area contributed by atoms with E-state index < -0.39 is 0 Å². The molecule has 0 bridgehead atoms. The van der Waals surface area contributed by atoms with Crippen molar-refractivity contribution >= 4 is 40.2 Å². The molecule has 1 saturated carbocycles. The number of hydrogen-bond acceptors (Lipinski definition) is 5. The van der Waals surface area contributed by atoms with Crippen LogP contribution in [0.1, 0.15) is 25.5 Å². The number of furan rings is 1. The highest BCUT2D eigenvalue weighted by atomic mass is 35.5. The number of benzene rings is 1. The maximum absolute atomic E-state index is 13.0. The summed E-state index contributed by atoms with van der Waals surface area (Å²) < 4.78 is 6.93. The summed E-state index contributed by atoms with van der Waals surface area (Å²) in [6, 6.07) is 8.76. The molecule has 0 spiro atoms. The van der Waals surface area contributed by atoms with Crippen LogP contribution in [0.25, 0.3) is 10.9 Å². The number of amides is 1. The zero-order chi connectivity index (χ0) is 19.7. The van der Waals surface area contributed by atoms with E-state index in [4.69, 9.17) is 16.0 Å². The first kappa shape index (κ1) is 19.1. The average molecular weight is 418 g/mol. The minimum atomic E-state index is -0.188. The number of halogens is 1. The molecule has 1 atom stereocenters. The molecule has 0 radical (unpaired) electrons. The van der Waals surface area contributed by atoms with Gasteiger partial charge in [0.25, 0.3) is 5.56 Å². The lowest BCUT2D eigenvalue weighted by Crippen LogP contribution is -2.35. The Morgan fingerprint density at radius 2 is 2.25 bits per heavy atom. The Morgan fingerprint density at radius 1 is 1.43 bits per heavy atom.